The molecule has 3 heterocycles. The first-order valence-corrected chi connectivity index (χ1v) is 13.4. The van der Waals surface area contributed by atoms with E-state index in [4.69, 9.17) is 4.42 Å². The van der Waals surface area contributed by atoms with E-state index in [0.717, 1.165) is 34.3 Å². The predicted molar refractivity (Wildman–Crippen MR) is 146 cm³/mol. The van der Waals surface area contributed by atoms with Crippen LogP contribution in [0.5, 0.6) is 0 Å². The Balaban J connectivity index is 1.15. The lowest BCUT2D eigenvalue weighted by atomic mass is 10.2. The number of carbonyl (C=O) groups excluding carboxylic acids is 1. The highest BCUT2D eigenvalue weighted by molar-refractivity contribution is 7.99. The summed E-state index contributed by atoms with van der Waals surface area (Å²) >= 11 is 1.58. The number of nitro benzene ring substituents is 1. The van der Waals surface area contributed by atoms with Gasteiger partial charge in [-0.1, -0.05) is 30.0 Å². The lowest BCUT2D eigenvalue weighted by Crippen LogP contribution is -2.48. The molecule has 0 N–H and O–H groups in total. The van der Waals surface area contributed by atoms with Crippen LogP contribution in [0, 0.1) is 17.0 Å². The van der Waals surface area contributed by atoms with Crippen molar-refractivity contribution in [3.05, 3.63) is 82.6 Å². The molecule has 0 bridgehead atoms. The van der Waals surface area contributed by atoms with Gasteiger partial charge in [0.1, 0.15) is 0 Å². The number of hydrogen-bond donors (Lipinski definition) is 0. The van der Waals surface area contributed by atoms with Crippen LogP contribution in [-0.4, -0.2) is 62.4 Å². The number of rotatable bonds is 9. The number of para-hydroxylation sites is 1. The summed E-state index contributed by atoms with van der Waals surface area (Å²) in [5, 5.41) is 20.5. The highest BCUT2D eigenvalue weighted by Gasteiger charge is 2.22. The molecule has 4 aromatic rings. The van der Waals surface area contributed by atoms with E-state index in [9.17, 15) is 14.9 Å². The van der Waals surface area contributed by atoms with Crippen LogP contribution in [0.25, 0.3) is 17.3 Å². The second-order valence-electron chi connectivity index (χ2n) is 9.00. The molecular formula is C27H28N6O4S. The van der Waals surface area contributed by atoms with Gasteiger partial charge >= 0.3 is 0 Å². The van der Waals surface area contributed by atoms with Crippen molar-refractivity contribution in [3.8, 4) is 17.3 Å². The summed E-state index contributed by atoms with van der Waals surface area (Å²) in [7, 11) is 0. The van der Waals surface area contributed by atoms with Crippen LogP contribution >= 0.6 is 11.8 Å². The number of hydrogen-bond acceptors (Lipinski definition) is 8. The fourth-order valence-electron chi connectivity index (χ4n) is 4.50. The first-order valence-electron chi connectivity index (χ1n) is 12.5. The third-order valence-electron chi connectivity index (χ3n) is 6.56. The van der Waals surface area contributed by atoms with Gasteiger partial charge in [-0.25, -0.2) is 0 Å². The van der Waals surface area contributed by atoms with E-state index in [0.29, 0.717) is 44.2 Å². The Morgan fingerprint density at radius 3 is 2.47 bits per heavy atom. The molecule has 1 aliphatic heterocycles. The SMILES string of the molecule is Cc1ccccc1-n1c(SCCCC(=O)N2CCN(c3ccc([N+](=O)[O-])cc3)CC2)nnc1-c1ccco1. The normalized spacial score (nSPS) is 13.6. The number of thioether (sulfide) groups is 1. The van der Waals surface area contributed by atoms with Gasteiger partial charge in [0.05, 0.1) is 16.9 Å². The number of anilines is 1. The molecule has 0 atom stereocenters. The van der Waals surface area contributed by atoms with E-state index in [1.807, 2.05) is 39.8 Å². The van der Waals surface area contributed by atoms with Crippen LogP contribution in [0.15, 0.2) is 76.5 Å². The molecule has 0 spiro atoms. The van der Waals surface area contributed by atoms with E-state index in [-0.39, 0.29) is 11.6 Å². The number of carbonyl (C=O) groups is 1. The molecule has 0 saturated carbocycles. The van der Waals surface area contributed by atoms with Crippen molar-refractivity contribution in [1.82, 2.24) is 19.7 Å². The summed E-state index contributed by atoms with van der Waals surface area (Å²) in [6.45, 7) is 4.73. The van der Waals surface area contributed by atoms with Gasteiger partial charge < -0.3 is 14.2 Å². The molecule has 196 valence electrons. The van der Waals surface area contributed by atoms with Crippen LogP contribution in [-0.2, 0) is 4.79 Å². The summed E-state index contributed by atoms with van der Waals surface area (Å²) in [4.78, 5) is 27.4. The Labute approximate surface area is 224 Å². The third-order valence-corrected chi connectivity index (χ3v) is 7.57. The summed E-state index contributed by atoms with van der Waals surface area (Å²) in [5.74, 6) is 2.17. The minimum Gasteiger partial charge on any atom is -0.461 e. The van der Waals surface area contributed by atoms with Gasteiger partial charge in [0.25, 0.3) is 5.69 Å². The maximum atomic E-state index is 12.8. The molecule has 1 amide bonds. The van der Waals surface area contributed by atoms with Crippen molar-refractivity contribution in [2.24, 2.45) is 0 Å². The van der Waals surface area contributed by atoms with Gasteiger partial charge in [-0.15, -0.1) is 10.2 Å². The highest BCUT2D eigenvalue weighted by Crippen LogP contribution is 2.30. The van der Waals surface area contributed by atoms with E-state index >= 15 is 0 Å². The Morgan fingerprint density at radius 1 is 1.03 bits per heavy atom. The van der Waals surface area contributed by atoms with E-state index in [1.165, 1.54) is 12.1 Å². The fraction of sp³-hybridized carbons (Fsp3) is 0.296. The molecule has 1 saturated heterocycles. The first kappa shape index (κ1) is 25.5. The van der Waals surface area contributed by atoms with Gasteiger partial charge in [0.2, 0.25) is 11.7 Å². The van der Waals surface area contributed by atoms with Crippen LogP contribution < -0.4 is 4.90 Å². The standard InChI is InChI=1S/C27H28N6O4S/c1-20-6-2-3-7-23(20)32-26(24-8-4-18-37-24)28-29-27(32)38-19-5-9-25(34)31-16-14-30(15-17-31)21-10-12-22(13-11-21)33(35)36/h2-4,6-8,10-13,18H,5,9,14-17,19H2,1H3. The minimum absolute atomic E-state index is 0.0785. The molecule has 0 radical (unpaired) electrons. The summed E-state index contributed by atoms with van der Waals surface area (Å²) in [6, 6.07) is 18.3. The van der Waals surface area contributed by atoms with Crippen LogP contribution in [0.1, 0.15) is 18.4 Å². The first-order chi connectivity index (χ1) is 18.5. The Bertz CT molecular complexity index is 1400. The van der Waals surface area contributed by atoms with Gasteiger partial charge in [-0.2, -0.15) is 0 Å². The zero-order chi connectivity index (χ0) is 26.5. The van der Waals surface area contributed by atoms with Gasteiger partial charge in [0.15, 0.2) is 10.9 Å². The van der Waals surface area contributed by atoms with Crippen molar-refractivity contribution in [2.45, 2.75) is 24.9 Å². The zero-order valence-electron chi connectivity index (χ0n) is 21.0. The molecule has 38 heavy (non-hydrogen) atoms. The molecule has 5 rings (SSSR count). The molecule has 1 fully saturated rings. The number of amides is 1. The molecule has 0 aliphatic carbocycles. The van der Waals surface area contributed by atoms with E-state index in [2.05, 4.69) is 28.1 Å². The molecule has 0 unspecified atom stereocenters. The third kappa shape index (κ3) is 5.57. The zero-order valence-corrected chi connectivity index (χ0v) is 21.8. The number of piperazine rings is 1. The maximum Gasteiger partial charge on any atom is 0.269 e. The van der Waals surface area contributed by atoms with Crippen LogP contribution in [0.2, 0.25) is 0 Å². The second kappa shape index (κ2) is 11.5. The number of non-ortho nitro benzene ring substituents is 1. The number of furan rings is 1. The largest absolute Gasteiger partial charge is 0.461 e. The van der Waals surface area contributed by atoms with Crippen molar-refractivity contribution in [3.63, 3.8) is 0 Å². The molecule has 11 heteroatoms. The molecule has 1 aliphatic rings. The van der Waals surface area contributed by atoms with E-state index in [1.54, 1.807) is 30.2 Å². The topological polar surface area (TPSA) is 111 Å². The number of nitrogens with zero attached hydrogens (tertiary/aromatic N) is 6. The Kier molecular flexibility index (Phi) is 7.73. The number of nitro groups is 1. The average Bonchev–Trinajstić information content (AvgIpc) is 3.62. The lowest BCUT2D eigenvalue weighted by molar-refractivity contribution is -0.384. The smallest absolute Gasteiger partial charge is 0.269 e. The minimum atomic E-state index is -0.400. The monoisotopic (exact) mass is 532 g/mol. The maximum absolute atomic E-state index is 12.8. The fourth-order valence-corrected chi connectivity index (χ4v) is 5.39. The summed E-state index contributed by atoms with van der Waals surface area (Å²) in [5.41, 5.74) is 3.11. The molecule has 2 aromatic heterocycles. The molecule has 10 nitrogen and oxygen atoms in total. The Morgan fingerprint density at radius 2 is 1.79 bits per heavy atom. The van der Waals surface area contributed by atoms with Gasteiger partial charge in [-0.3, -0.25) is 19.5 Å². The summed E-state index contributed by atoms with van der Waals surface area (Å²) in [6.07, 6.45) is 2.81. The number of benzene rings is 2. The van der Waals surface area contributed by atoms with Crippen molar-refractivity contribution < 1.29 is 14.1 Å². The van der Waals surface area contributed by atoms with Gasteiger partial charge in [0, 0.05) is 56.2 Å². The van der Waals surface area contributed by atoms with Crippen molar-refractivity contribution in [1.29, 1.82) is 0 Å². The summed E-state index contributed by atoms with van der Waals surface area (Å²) < 4.78 is 7.61. The van der Waals surface area contributed by atoms with Crippen LogP contribution in [0.3, 0.4) is 0 Å². The predicted octanol–water partition coefficient (Wildman–Crippen LogP) is 4.97. The van der Waals surface area contributed by atoms with Crippen molar-refractivity contribution >= 4 is 29.0 Å². The average molecular weight is 533 g/mol. The number of aromatic nitrogens is 3. The van der Waals surface area contributed by atoms with E-state index < -0.39 is 4.92 Å². The highest BCUT2D eigenvalue weighted by atomic mass is 32.2. The molecule has 2 aromatic carbocycles. The molecular weight excluding hydrogens is 504 g/mol. The number of aryl methyl sites for hydroxylation is 1. The Hall–Kier alpha value is -4.12. The lowest BCUT2D eigenvalue weighted by Gasteiger charge is -2.36. The van der Waals surface area contributed by atoms with Crippen molar-refractivity contribution in [2.75, 3.05) is 36.8 Å². The van der Waals surface area contributed by atoms with Gasteiger partial charge in [-0.05, 0) is 49.2 Å². The second-order valence-corrected chi connectivity index (χ2v) is 10.1. The quantitative estimate of drug-likeness (QED) is 0.129. The van der Waals surface area contributed by atoms with Crippen LogP contribution in [0.4, 0.5) is 11.4 Å².